The zero-order valence-electron chi connectivity index (χ0n) is 10.5. The van der Waals surface area contributed by atoms with Crippen molar-refractivity contribution in [3.05, 3.63) is 0 Å². The molecule has 1 amide bonds. The van der Waals surface area contributed by atoms with Gasteiger partial charge in [-0.1, -0.05) is 19.1 Å². The Morgan fingerprint density at radius 2 is 1.94 bits per heavy atom. The van der Waals surface area contributed by atoms with Crippen molar-refractivity contribution < 1.29 is 18.0 Å². The number of halogens is 3. The van der Waals surface area contributed by atoms with E-state index in [9.17, 15) is 18.0 Å². The molecule has 0 heterocycles. The number of hydrogen-bond acceptors (Lipinski definition) is 3. The quantitative estimate of drug-likeness (QED) is 0.708. The number of nitrogens with two attached hydrogens (primary N) is 1. The van der Waals surface area contributed by atoms with Gasteiger partial charge in [0.25, 0.3) is 0 Å². The lowest BCUT2D eigenvalue weighted by atomic mass is 10.1. The normalized spacial score (nSPS) is 15.3. The molecule has 106 valence electrons. The zero-order valence-corrected chi connectivity index (χ0v) is 11.4. The molecule has 0 aromatic heterocycles. The van der Waals surface area contributed by atoms with E-state index in [1.54, 1.807) is 6.92 Å². The summed E-state index contributed by atoms with van der Waals surface area (Å²) in [6, 6.07) is 0. The third kappa shape index (κ3) is 5.63. The van der Waals surface area contributed by atoms with Gasteiger partial charge < -0.3 is 16.0 Å². The summed E-state index contributed by atoms with van der Waals surface area (Å²) >= 11 is 4.42. The third-order valence-corrected chi connectivity index (χ3v) is 2.80. The molecule has 0 fully saturated rings. The number of carbonyl (C=O) groups excluding carboxylic acids is 1. The summed E-state index contributed by atoms with van der Waals surface area (Å²) in [7, 11) is 2.98. The Morgan fingerprint density at radius 3 is 2.28 bits per heavy atom. The number of nitrogens with one attached hydrogen (secondary N) is 1. The van der Waals surface area contributed by atoms with Crippen molar-refractivity contribution in [3.63, 3.8) is 0 Å². The molecule has 2 atom stereocenters. The molecule has 0 aliphatic heterocycles. The molecule has 4 nitrogen and oxygen atoms in total. The first-order chi connectivity index (χ1) is 8.09. The molecule has 0 aromatic carbocycles. The molecule has 0 aromatic rings. The largest absolute Gasteiger partial charge is 0.399 e. The second kappa shape index (κ2) is 6.89. The Kier molecular flexibility index (Phi) is 6.55. The average Bonchev–Trinajstić information content (AvgIpc) is 2.22. The Balaban J connectivity index is 4.49. The fourth-order valence-electron chi connectivity index (χ4n) is 1.54. The number of hydrogen-bond donors (Lipinski definition) is 2. The number of amides is 1. The van der Waals surface area contributed by atoms with Gasteiger partial charge in [-0.3, -0.25) is 4.79 Å². The molecule has 8 heteroatoms. The number of alkyl halides is 3. The van der Waals surface area contributed by atoms with Crippen molar-refractivity contribution in [2.75, 3.05) is 27.2 Å². The van der Waals surface area contributed by atoms with Crippen LogP contribution in [0.1, 0.15) is 6.92 Å². The maximum absolute atomic E-state index is 12.6. The van der Waals surface area contributed by atoms with Gasteiger partial charge in [0.2, 0.25) is 5.91 Å². The molecule has 0 aliphatic rings. The molecule has 0 radical (unpaired) electrons. The lowest BCUT2D eigenvalue weighted by molar-refractivity contribution is -0.158. The fraction of sp³-hybridized carbons (Fsp3) is 0.800. The topological polar surface area (TPSA) is 58.4 Å². The van der Waals surface area contributed by atoms with Gasteiger partial charge in [-0.15, -0.1) is 0 Å². The summed E-state index contributed by atoms with van der Waals surface area (Å²) < 4.78 is 37.9. The standard InChI is InChI=1S/C10H18F3N3OS/c1-6(9(17)15-2)4-16(3)5-7(8(14)18)10(11,12)13/h6-7H,4-5H2,1-3H3,(H2,14,18)(H,15,17). The van der Waals surface area contributed by atoms with Crippen LogP contribution in [-0.2, 0) is 4.79 Å². The first kappa shape index (κ1) is 17.1. The van der Waals surface area contributed by atoms with Crippen molar-refractivity contribution in [2.45, 2.75) is 13.1 Å². The van der Waals surface area contributed by atoms with Crippen LogP contribution in [-0.4, -0.2) is 49.2 Å². The van der Waals surface area contributed by atoms with E-state index in [-0.39, 0.29) is 19.0 Å². The summed E-state index contributed by atoms with van der Waals surface area (Å²) in [4.78, 5) is 12.1. The molecular formula is C10H18F3N3OS. The monoisotopic (exact) mass is 285 g/mol. The average molecular weight is 285 g/mol. The van der Waals surface area contributed by atoms with Gasteiger partial charge in [-0.2, -0.15) is 13.2 Å². The van der Waals surface area contributed by atoms with Gasteiger partial charge in [0.15, 0.2) is 0 Å². The number of nitrogens with zero attached hydrogens (tertiary/aromatic N) is 1. The highest BCUT2D eigenvalue weighted by molar-refractivity contribution is 7.80. The van der Waals surface area contributed by atoms with Crippen LogP contribution in [0, 0.1) is 11.8 Å². The van der Waals surface area contributed by atoms with Crippen molar-refractivity contribution in [2.24, 2.45) is 17.6 Å². The highest BCUT2D eigenvalue weighted by atomic mass is 32.1. The van der Waals surface area contributed by atoms with Crippen LogP contribution in [0.15, 0.2) is 0 Å². The molecule has 0 saturated heterocycles. The highest BCUT2D eigenvalue weighted by Gasteiger charge is 2.42. The van der Waals surface area contributed by atoms with E-state index in [2.05, 4.69) is 17.5 Å². The molecule has 0 aliphatic carbocycles. The van der Waals surface area contributed by atoms with Crippen LogP contribution in [0.5, 0.6) is 0 Å². The lowest BCUT2D eigenvalue weighted by Crippen LogP contribution is -2.44. The first-order valence-electron chi connectivity index (χ1n) is 5.35. The predicted molar refractivity (Wildman–Crippen MR) is 67.1 cm³/mol. The molecule has 3 N–H and O–H groups in total. The Morgan fingerprint density at radius 1 is 1.44 bits per heavy atom. The molecular weight excluding hydrogens is 267 g/mol. The van der Waals surface area contributed by atoms with E-state index >= 15 is 0 Å². The van der Waals surface area contributed by atoms with Crippen LogP contribution >= 0.6 is 12.2 Å². The van der Waals surface area contributed by atoms with Gasteiger partial charge in [-0.25, -0.2) is 0 Å². The lowest BCUT2D eigenvalue weighted by Gasteiger charge is -2.26. The Bertz CT molecular complexity index is 309. The second-order valence-corrected chi connectivity index (χ2v) is 4.70. The summed E-state index contributed by atoms with van der Waals surface area (Å²) in [6.07, 6.45) is -4.46. The number of rotatable bonds is 6. The van der Waals surface area contributed by atoms with E-state index in [1.807, 2.05) is 0 Å². The third-order valence-electron chi connectivity index (χ3n) is 2.51. The van der Waals surface area contributed by atoms with Crippen molar-refractivity contribution >= 4 is 23.1 Å². The summed E-state index contributed by atoms with van der Waals surface area (Å²) in [5, 5.41) is 2.44. The van der Waals surface area contributed by atoms with Crippen LogP contribution in [0.25, 0.3) is 0 Å². The summed E-state index contributed by atoms with van der Waals surface area (Å²) in [5.41, 5.74) is 5.09. The maximum atomic E-state index is 12.6. The van der Waals surface area contributed by atoms with Crippen molar-refractivity contribution in [3.8, 4) is 0 Å². The van der Waals surface area contributed by atoms with E-state index in [4.69, 9.17) is 5.73 Å². The van der Waals surface area contributed by atoms with Gasteiger partial charge in [-0.05, 0) is 7.05 Å². The molecule has 0 saturated carbocycles. The van der Waals surface area contributed by atoms with Crippen LogP contribution in [0.2, 0.25) is 0 Å². The SMILES string of the molecule is CNC(=O)C(C)CN(C)CC(C(N)=S)C(F)(F)F. The minimum Gasteiger partial charge on any atom is -0.393 e. The minimum atomic E-state index is -4.46. The zero-order chi connectivity index (χ0) is 14.5. The maximum Gasteiger partial charge on any atom is 0.399 e. The Hall–Kier alpha value is -0.890. The van der Waals surface area contributed by atoms with Crippen LogP contribution in [0.3, 0.4) is 0 Å². The van der Waals surface area contributed by atoms with Crippen LogP contribution in [0.4, 0.5) is 13.2 Å². The molecule has 0 spiro atoms. The van der Waals surface area contributed by atoms with Gasteiger partial charge in [0, 0.05) is 26.1 Å². The Labute approximate surface area is 110 Å². The van der Waals surface area contributed by atoms with E-state index < -0.39 is 23.0 Å². The summed E-state index contributed by atoms with van der Waals surface area (Å²) in [6.45, 7) is 1.49. The molecule has 18 heavy (non-hydrogen) atoms. The van der Waals surface area contributed by atoms with Gasteiger partial charge in [0.1, 0.15) is 5.92 Å². The van der Waals surface area contributed by atoms with Crippen LogP contribution < -0.4 is 11.1 Å². The number of thiocarbonyl (C=S) groups is 1. The molecule has 0 rings (SSSR count). The highest BCUT2D eigenvalue weighted by Crippen LogP contribution is 2.27. The van der Waals surface area contributed by atoms with E-state index in [1.165, 1.54) is 19.0 Å². The fourth-order valence-corrected chi connectivity index (χ4v) is 1.75. The smallest absolute Gasteiger partial charge is 0.393 e. The molecule has 0 bridgehead atoms. The second-order valence-electron chi connectivity index (χ2n) is 4.23. The molecule has 2 unspecified atom stereocenters. The van der Waals surface area contributed by atoms with E-state index in [0.717, 1.165) is 0 Å². The predicted octanol–water partition coefficient (Wildman–Crippen LogP) is 0.765. The van der Waals surface area contributed by atoms with Crippen molar-refractivity contribution in [1.29, 1.82) is 0 Å². The number of carbonyl (C=O) groups is 1. The first-order valence-corrected chi connectivity index (χ1v) is 5.76. The van der Waals surface area contributed by atoms with E-state index in [0.29, 0.717) is 0 Å². The van der Waals surface area contributed by atoms with Gasteiger partial charge >= 0.3 is 6.18 Å². The van der Waals surface area contributed by atoms with Gasteiger partial charge in [0.05, 0.1) is 4.99 Å². The summed E-state index contributed by atoms with van der Waals surface area (Å²) in [5.74, 6) is -2.48. The van der Waals surface area contributed by atoms with Crippen molar-refractivity contribution in [1.82, 2.24) is 10.2 Å². The minimum absolute atomic E-state index is 0.203.